The third kappa shape index (κ3) is 2.60. The summed E-state index contributed by atoms with van der Waals surface area (Å²) in [5.74, 6) is -2.95. The molecule has 102 valence electrons. The number of aliphatic hydroxyl groups excluding tert-OH is 1. The Morgan fingerprint density at radius 1 is 1.37 bits per heavy atom. The van der Waals surface area contributed by atoms with Gasteiger partial charge in [-0.25, -0.2) is 4.68 Å². The van der Waals surface area contributed by atoms with Gasteiger partial charge in [0.05, 0.1) is 11.9 Å². The van der Waals surface area contributed by atoms with Gasteiger partial charge in [0.1, 0.15) is 11.8 Å². The van der Waals surface area contributed by atoms with Crippen LogP contribution in [0.3, 0.4) is 0 Å². The van der Waals surface area contributed by atoms with Crippen LogP contribution in [0.2, 0.25) is 0 Å². The van der Waals surface area contributed by atoms with Gasteiger partial charge in [-0.05, 0) is 6.07 Å². The van der Waals surface area contributed by atoms with Crippen LogP contribution in [0.25, 0.3) is 0 Å². The van der Waals surface area contributed by atoms with E-state index in [1.165, 1.54) is 36.1 Å². The molecular weight excluding hydrogens is 254 g/mol. The molecular formula is C12H14F2N4O. The molecule has 0 saturated carbocycles. The van der Waals surface area contributed by atoms with E-state index in [1.807, 2.05) is 0 Å². The van der Waals surface area contributed by atoms with E-state index in [1.54, 1.807) is 7.05 Å². The molecule has 0 aliphatic carbocycles. The van der Waals surface area contributed by atoms with Crippen LogP contribution < -0.4 is 0 Å². The highest BCUT2D eigenvalue weighted by molar-refractivity contribution is 5.24. The quantitative estimate of drug-likeness (QED) is 0.918. The number of hydrogen-bond donors (Lipinski definition) is 1. The lowest BCUT2D eigenvalue weighted by Crippen LogP contribution is -2.14. The molecule has 2 heterocycles. The second-order valence-corrected chi connectivity index (χ2v) is 4.22. The van der Waals surface area contributed by atoms with Crippen molar-refractivity contribution in [3.8, 4) is 0 Å². The van der Waals surface area contributed by atoms with Gasteiger partial charge in [-0.15, -0.1) is 5.10 Å². The number of alkyl halides is 2. The highest BCUT2D eigenvalue weighted by Gasteiger charge is 2.30. The van der Waals surface area contributed by atoms with E-state index in [0.717, 1.165) is 0 Å². The van der Waals surface area contributed by atoms with Gasteiger partial charge in [0.15, 0.2) is 0 Å². The molecule has 1 atom stereocenters. The minimum Gasteiger partial charge on any atom is -0.382 e. The smallest absolute Gasteiger partial charge is 0.289 e. The first-order chi connectivity index (χ1) is 8.95. The zero-order valence-corrected chi connectivity index (χ0v) is 10.6. The van der Waals surface area contributed by atoms with Crippen LogP contribution >= 0.6 is 0 Å². The fourth-order valence-corrected chi connectivity index (χ4v) is 1.68. The fourth-order valence-electron chi connectivity index (χ4n) is 1.68. The Morgan fingerprint density at radius 2 is 2.11 bits per heavy atom. The molecule has 0 aliphatic heterocycles. The molecule has 1 N–H and O–H groups in total. The summed E-state index contributed by atoms with van der Waals surface area (Å²) in [7, 11) is 1.64. The Morgan fingerprint density at radius 3 is 2.58 bits per heavy atom. The molecule has 2 aromatic rings. The van der Waals surface area contributed by atoms with Crippen molar-refractivity contribution in [1.82, 2.24) is 20.0 Å². The highest BCUT2D eigenvalue weighted by Crippen LogP contribution is 2.30. The van der Waals surface area contributed by atoms with Gasteiger partial charge in [-0.2, -0.15) is 8.78 Å². The summed E-state index contributed by atoms with van der Waals surface area (Å²) >= 11 is 0. The van der Waals surface area contributed by atoms with Gasteiger partial charge in [0.25, 0.3) is 5.92 Å². The first-order valence-electron chi connectivity index (χ1n) is 5.82. The molecule has 5 nitrogen and oxygen atoms in total. The lowest BCUT2D eigenvalue weighted by atomic mass is 10.1. The standard InChI is InChI=1S/C12H14F2N4O/c1-3-12(13,14)10-5-4-8(6-15-10)11(19)9-7-16-17-18(9)2/h4-7,11,19H,3H2,1-2H3. The van der Waals surface area contributed by atoms with Crippen molar-refractivity contribution in [1.29, 1.82) is 0 Å². The van der Waals surface area contributed by atoms with Crippen LogP contribution in [-0.2, 0) is 13.0 Å². The van der Waals surface area contributed by atoms with Crippen LogP contribution in [0.4, 0.5) is 8.78 Å². The van der Waals surface area contributed by atoms with Gasteiger partial charge in [-0.1, -0.05) is 18.2 Å². The molecule has 19 heavy (non-hydrogen) atoms. The van der Waals surface area contributed by atoms with E-state index < -0.39 is 12.0 Å². The number of halogens is 2. The molecule has 2 aromatic heterocycles. The molecule has 0 aliphatic rings. The molecule has 2 rings (SSSR count). The minimum atomic E-state index is -2.95. The van der Waals surface area contributed by atoms with E-state index >= 15 is 0 Å². The Hall–Kier alpha value is -1.89. The summed E-state index contributed by atoms with van der Waals surface area (Å²) in [5.41, 5.74) is 0.590. The number of aryl methyl sites for hydroxylation is 1. The lowest BCUT2D eigenvalue weighted by molar-refractivity contribution is -0.0128. The van der Waals surface area contributed by atoms with E-state index in [2.05, 4.69) is 15.3 Å². The van der Waals surface area contributed by atoms with Crippen molar-refractivity contribution in [3.05, 3.63) is 41.5 Å². The normalized spacial score (nSPS) is 13.5. The van der Waals surface area contributed by atoms with Gasteiger partial charge in [-0.3, -0.25) is 4.98 Å². The average Bonchev–Trinajstić information content (AvgIpc) is 2.84. The molecule has 0 saturated heterocycles. The van der Waals surface area contributed by atoms with E-state index in [-0.39, 0.29) is 12.1 Å². The van der Waals surface area contributed by atoms with E-state index in [9.17, 15) is 13.9 Å². The summed E-state index contributed by atoms with van der Waals surface area (Å²) in [5, 5.41) is 17.4. The second kappa shape index (κ2) is 5.00. The Balaban J connectivity index is 2.26. The number of nitrogens with zero attached hydrogens (tertiary/aromatic N) is 4. The average molecular weight is 268 g/mol. The maximum Gasteiger partial charge on any atom is 0.289 e. The largest absolute Gasteiger partial charge is 0.382 e. The van der Waals surface area contributed by atoms with Gasteiger partial charge in [0.2, 0.25) is 0 Å². The monoisotopic (exact) mass is 268 g/mol. The zero-order chi connectivity index (χ0) is 14.0. The van der Waals surface area contributed by atoms with Crippen LogP contribution in [0.5, 0.6) is 0 Å². The van der Waals surface area contributed by atoms with Crippen LogP contribution in [-0.4, -0.2) is 25.1 Å². The minimum absolute atomic E-state index is 0.297. The number of aliphatic hydroxyl groups is 1. The SMILES string of the molecule is CCC(F)(F)c1ccc(C(O)c2cnnn2C)cn1. The van der Waals surface area contributed by atoms with Crippen LogP contribution in [0, 0.1) is 0 Å². The predicted octanol–water partition coefficient (Wildman–Crippen LogP) is 1.79. The molecule has 0 radical (unpaired) electrons. The zero-order valence-electron chi connectivity index (χ0n) is 10.6. The molecule has 0 spiro atoms. The second-order valence-electron chi connectivity index (χ2n) is 4.22. The number of pyridine rings is 1. The van der Waals surface area contributed by atoms with Gasteiger partial charge < -0.3 is 5.11 Å². The summed E-state index contributed by atoms with van der Waals surface area (Å²) < 4.78 is 28.2. The van der Waals surface area contributed by atoms with Crippen molar-refractivity contribution >= 4 is 0 Å². The van der Waals surface area contributed by atoms with Crippen LogP contribution in [0.15, 0.2) is 24.5 Å². The number of aromatic nitrogens is 4. The summed E-state index contributed by atoms with van der Waals surface area (Å²) in [6.07, 6.45) is 1.36. The van der Waals surface area contributed by atoms with Gasteiger partial charge >= 0.3 is 0 Å². The van der Waals surface area contributed by atoms with Crippen molar-refractivity contribution in [3.63, 3.8) is 0 Å². The van der Waals surface area contributed by atoms with Crippen molar-refractivity contribution in [2.24, 2.45) is 7.05 Å². The van der Waals surface area contributed by atoms with E-state index in [0.29, 0.717) is 11.3 Å². The Kier molecular flexibility index (Phi) is 3.57. The van der Waals surface area contributed by atoms with Crippen molar-refractivity contribution < 1.29 is 13.9 Å². The molecule has 0 amide bonds. The molecule has 0 aromatic carbocycles. The first-order valence-corrected chi connectivity index (χ1v) is 5.82. The highest BCUT2D eigenvalue weighted by atomic mass is 19.3. The molecule has 0 fully saturated rings. The number of rotatable bonds is 4. The molecule has 0 bridgehead atoms. The molecule has 1 unspecified atom stereocenters. The first kappa shape index (κ1) is 13.5. The van der Waals surface area contributed by atoms with Crippen molar-refractivity contribution in [2.45, 2.75) is 25.4 Å². The lowest BCUT2D eigenvalue weighted by Gasteiger charge is -2.15. The Labute approximate surface area is 108 Å². The topological polar surface area (TPSA) is 63.8 Å². The summed E-state index contributed by atoms with van der Waals surface area (Å²) in [4.78, 5) is 3.72. The van der Waals surface area contributed by atoms with Gasteiger partial charge in [0, 0.05) is 25.2 Å². The predicted molar refractivity (Wildman–Crippen MR) is 63.5 cm³/mol. The summed E-state index contributed by atoms with van der Waals surface area (Å²) in [6, 6.07) is 2.66. The third-order valence-electron chi connectivity index (χ3n) is 2.95. The number of hydrogen-bond acceptors (Lipinski definition) is 4. The van der Waals surface area contributed by atoms with E-state index in [4.69, 9.17) is 0 Å². The third-order valence-corrected chi connectivity index (χ3v) is 2.95. The Bertz CT molecular complexity index is 553. The van der Waals surface area contributed by atoms with Crippen LogP contribution in [0.1, 0.15) is 36.4 Å². The molecule has 7 heteroatoms. The summed E-state index contributed by atoms with van der Waals surface area (Å²) in [6.45, 7) is 1.39. The fraction of sp³-hybridized carbons (Fsp3) is 0.417. The van der Waals surface area contributed by atoms with Crippen molar-refractivity contribution in [2.75, 3.05) is 0 Å². The maximum absolute atomic E-state index is 13.4. The maximum atomic E-state index is 13.4.